The number of hydrogen-bond donors (Lipinski definition) is 0. The molecule has 1 unspecified atom stereocenters. The lowest BCUT2D eigenvalue weighted by molar-refractivity contribution is -0.135. The van der Waals surface area contributed by atoms with Crippen LogP contribution in [0.15, 0.2) is 54.6 Å². The van der Waals surface area contributed by atoms with Crippen LogP contribution in [-0.4, -0.2) is 35.3 Å². The topological polar surface area (TPSA) is 23.6 Å². The van der Waals surface area contributed by atoms with Crippen LogP contribution in [0, 0.1) is 0 Å². The van der Waals surface area contributed by atoms with Crippen LogP contribution < -0.4 is 0 Å². The van der Waals surface area contributed by atoms with Crippen LogP contribution in [0.25, 0.3) is 0 Å². The maximum atomic E-state index is 13.0. The molecule has 2 aromatic rings. The summed E-state index contributed by atoms with van der Waals surface area (Å²) in [5.41, 5.74) is 3.99. The minimum absolute atomic E-state index is 0.192. The lowest BCUT2D eigenvalue weighted by atomic mass is 10.1. The zero-order chi connectivity index (χ0) is 17.8. The van der Waals surface area contributed by atoms with Gasteiger partial charge in [0.25, 0.3) is 0 Å². The molecule has 0 N–H and O–H groups in total. The number of carbonyl (C=O) groups is 1. The molecule has 0 spiro atoms. The third-order valence-electron chi connectivity index (χ3n) is 5.16. The highest BCUT2D eigenvalue weighted by atomic mass is 16.2. The Kier molecular flexibility index (Phi) is 5.54. The molecule has 0 radical (unpaired) electrons. The summed E-state index contributed by atoms with van der Waals surface area (Å²) in [6.07, 6.45) is 2.21. The molecule has 2 aromatic carbocycles. The van der Waals surface area contributed by atoms with E-state index in [-0.39, 0.29) is 11.9 Å². The lowest BCUT2D eigenvalue weighted by Gasteiger charge is -2.31. The molecule has 0 saturated heterocycles. The standard InChI is InChI=1S/C22H28N2O/c1-17(2)24(15-18-9-5-4-6-10-18)22(25)16-23(3)21-14-13-19-11-7-8-12-20(19)21/h4-12,17,21H,13-16H2,1-3H3. The quantitative estimate of drug-likeness (QED) is 0.795. The molecule has 3 nitrogen and oxygen atoms in total. The van der Waals surface area contributed by atoms with E-state index in [2.05, 4.69) is 62.2 Å². The van der Waals surface area contributed by atoms with Gasteiger partial charge >= 0.3 is 0 Å². The highest BCUT2D eigenvalue weighted by Gasteiger charge is 2.28. The summed E-state index contributed by atoms with van der Waals surface area (Å²) in [6.45, 7) is 5.31. The molecule has 1 aliphatic rings. The van der Waals surface area contributed by atoms with E-state index in [0.717, 1.165) is 12.8 Å². The first-order valence-corrected chi connectivity index (χ1v) is 9.17. The van der Waals surface area contributed by atoms with Gasteiger partial charge in [-0.15, -0.1) is 0 Å². The molecule has 0 aliphatic heterocycles. The molecule has 0 saturated carbocycles. The third kappa shape index (κ3) is 4.10. The second kappa shape index (κ2) is 7.83. The van der Waals surface area contributed by atoms with Gasteiger partial charge in [-0.2, -0.15) is 0 Å². The van der Waals surface area contributed by atoms with Crippen LogP contribution in [0.2, 0.25) is 0 Å². The minimum atomic E-state index is 0.192. The predicted octanol–water partition coefficient (Wildman–Crippen LogP) is 4.04. The largest absolute Gasteiger partial charge is 0.335 e. The first-order chi connectivity index (χ1) is 12.1. The number of hydrogen-bond acceptors (Lipinski definition) is 2. The summed E-state index contributed by atoms with van der Waals surface area (Å²) < 4.78 is 0. The monoisotopic (exact) mass is 336 g/mol. The van der Waals surface area contributed by atoms with Crippen LogP contribution in [-0.2, 0) is 17.8 Å². The van der Waals surface area contributed by atoms with Crippen LogP contribution in [0.5, 0.6) is 0 Å². The molecular formula is C22H28N2O. The Morgan fingerprint density at radius 3 is 2.48 bits per heavy atom. The highest BCUT2D eigenvalue weighted by Crippen LogP contribution is 2.34. The van der Waals surface area contributed by atoms with E-state index in [1.54, 1.807) is 0 Å². The Bertz CT molecular complexity index is 711. The van der Waals surface area contributed by atoms with E-state index in [0.29, 0.717) is 19.1 Å². The van der Waals surface area contributed by atoms with Crippen molar-refractivity contribution in [3.63, 3.8) is 0 Å². The van der Waals surface area contributed by atoms with Gasteiger partial charge in [-0.05, 0) is 50.4 Å². The van der Waals surface area contributed by atoms with Crippen molar-refractivity contribution in [2.75, 3.05) is 13.6 Å². The first kappa shape index (κ1) is 17.7. The van der Waals surface area contributed by atoms with Crippen molar-refractivity contribution in [3.05, 3.63) is 71.3 Å². The lowest BCUT2D eigenvalue weighted by Crippen LogP contribution is -2.43. The summed E-state index contributed by atoms with van der Waals surface area (Å²) in [6, 6.07) is 19.4. The normalized spacial score (nSPS) is 16.3. The molecule has 1 amide bonds. The maximum Gasteiger partial charge on any atom is 0.237 e. The van der Waals surface area contributed by atoms with Crippen LogP contribution in [0.4, 0.5) is 0 Å². The Labute approximate surface area is 151 Å². The second-order valence-corrected chi connectivity index (χ2v) is 7.27. The Morgan fingerprint density at radius 1 is 1.08 bits per heavy atom. The zero-order valence-electron chi connectivity index (χ0n) is 15.5. The molecule has 3 rings (SSSR count). The predicted molar refractivity (Wildman–Crippen MR) is 102 cm³/mol. The summed E-state index contributed by atoms with van der Waals surface area (Å²) in [5.74, 6) is 0.200. The fourth-order valence-electron chi connectivity index (χ4n) is 3.75. The van der Waals surface area contributed by atoms with E-state index in [1.165, 1.54) is 16.7 Å². The molecule has 132 valence electrons. The van der Waals surface area contributed by atoms with Gasteiger partial charge in [-0.25, -0.2) is 0 Å². The highest BCUT2D eigenvalue weighted by molar-refractivity contribution is 5.78. The smallest absolute Gasteiger partial charge is 0.237 e. The van der Waals surface area contributed by atoms with E-state index in [9.17, 15) is 4.79 Å². The van der Waals surface area contributed by atoms with E-state index in [4.69, 9.17) is 0 Å². The van der Waals surface area contributed by atoms with Crippen molar-refractivity contribution in [3.8, 4) is 0 Å². The maximum absolute atomic E-state index is 13.0. The minimum Gasteiger partial charge on any atom is -0.335 e. The fourth-order valence-corrected chi connectivity index (χ4v) is 3.75. The number of benzene rings is 2. The molecule has 0 aromatic heterocycles. The van der Waals surface area contributed by atoms with Crippen molar-refractivity contribution in [1.82, 2.24) is 9.80 Å². The zero-order valence-corrected chi connectivity index (χ0v) is 15.5. The van der Waals surface area contributed by atoms with Gasteiger partial charge in [-0.3, -0.25) is 9.69 Å². The van der Waals surface area contributed by atoms with Gasteiger partial charge in [0, 0.05) is 18.6 Å². The molecule has 3 heteroatoms. The molecular weight excluding hydrogens is 308 g/mol. The van der Waals surface area contributed by atoms with E-state index >= 15 is 0 Å². The summed E-state index contributed by atoms with van der Waals surface area (Å²) >= 11 is 0. The summed E-state index contributed by atoms with van der Waals surface area (Å²) in [4.78, 5) is 17.1. The van der Waals surface area contributed by atoms with Gasteiger partial charge in [-0.1, -0.05) is 54.6 Å². The molecule has 0 heterocycles. The average molecular weight is 336 g/mol. The third-order valence-corrected chi connectivity index (χ3v) is 5.16. The van der Waals surface area contributed by atoms with Crippen LogP contribution in [0.1, 0.15) is 43.0 Å². The fraction of sp³-hybridized carbons (Fsp3) is 0.409. The van der Waals surface area contributed by atoms with Crippen LogP contribution >= 0.6 is 0 Å². The number of nitrogens with zero attached hydrogens (tertiary/aromatic N) is 2. The first-order valence-electron chi connectivity index (χ1n) is 9.17. The molecule has 1 aliphatic carbocycles. The van der Waals surface area contributed by atoms with Gasteiger partial charge in [0.15, 0.2) is 0 Å². The second-order valence-electron chi connectivity index (χ2n) is 7.27. The van der Waals surface area contributed by atoms with Crippen molar-refractivity contribution < 1.29 is 4.79 Å². The Morgan fingerprint density at radius 2 is 1.76 bits per heavy atom. The van der Waals surface area contributed by atoms with E-state index in [1.807, 2.05) is 23.1 Å². The Balaban J connectivity index is 1.67. The van der Waals surface area contributed by atoms with Crippen LogP contribution in [0.3, 0.4) is 0 Å². The SMILES string of the molecule is CC(C)N(Cc1ccccc1)C(=O)CN(C)C1CCc2ccccc21. The molecule has 0 fully saturated rings. The molecule has 25 heavy (non-hydrogen) atoms. The number of fused-ring (bicyclic) bond motifs is 1. The number of aryl methyl sites for hydroxylation is 1. The number of amides is 1. The van der Waals surface area contributed by atoms with Gasteiger partial charge in [0.1, 0.15) is 0 Å². The van der Waals surface area contributed by atoms with Gasteiger partial charge in [0.05, 0.1) is 6.54 Å². The van der Waals surface area contributed by atoms with Crippen molar-refractivity contribution in [2.45, 2.75) is 45.3 Å². The van der Waals surface area contributed by atoms with E-state index < -0.39 is 0 Å². The number of carbonyl (C=O) groups excluding carboxylic acids is 1. The number of likely N-dealkylation sites (N-methyl/N-ethyl adjacent to an activating group) is 1. The molecule has 0 bridgehead atoms. The Hall–Kier alpha value is -2.13. The van der Waals surface area contributed by atoms with Gasteiger partial charge in [0.2, 0.25) is 5.91 Å². The summed E-state index contributed by atoms with van der Waals surface area (Å²) in [5, 5.41) is 0. The molecule has 1 atom stereocenters. The van der Waals surface area contributed by atoms with Crippen molar-refractivity contribution >= 4 is 5.91 Å². The average Bonchev–Trinajstić information content (AvgIpc) is 3.04. The van der Waals surface area contributed by atoms with Crippen molar-refractivity contribution in [1.29, 1.82) is 0 Å². The number of rotatable bonds is 6. The summed E-state index contributed by atoms with van der Waals surface area (Å²) in [7, 11) is 2.08. The van der Waals surface area contributed by atoms with Gasteiger partial charge < -0.3 is 4.90 Å². The van der Waals surface area contributed by atoms with Crippen molar-refractivity contribution in [2.24, 2.45) is 0 Å².